The van der Waals surface area contributed by atoms with Crippen LogP contribution in [0, 0.1) is 0 Å². The molecule has 3 aliphatic heterocycles. The summed E-state index contributed by atoms with van der Waals surface area (Å²) in [6, 6.07) is 73.5. The average Bonchev–Trinajstić information content (AvgIpc) is 4.07. The first-order valence-electron chi connectivity index (χ1n) is 25.2. The Kier molecular flexibility index (Phi) is 9.65. The summed E-state index contributed by atoms with van der Waals surface area (Å²) in [6.45, 7) is 7.47. The molecule has 0 bridgehead atoms. The van der Waals surface area contributed by atoms with E-state index in [0.29, 0.717) is 11.4 Å². The van der Waals surface area contributed by atoms with Gasteiger partial charge in [0.05, 0.1) is 0 Å². The van der Waals surface area contributed by atoms with Crippen molar-refractivity contribution in [3.05, 3.63) is 229 Å². The predicted molar refractivity (Wildman–Crippen MR) is 301 cm³/mol. The fraction of sp³-hybridized carbons (Fsp3) is 0.123. The van der Waals surface area contributed by atoms with E-state index in [2.05, 4.69) is 259 Å². The molecule has 0 radical (unpaired) electrons. The Labute approximate surface area is 424 Å². The van der Waals surface area contributed by atoms with E-state index >= 15 is 0 Å². The van der Waals surface area contributed by atoms with Crippen molar-refractivity contribution in [2.75, 3.05) is 28.4 Å². The number of hydrogen-bond donors (Lipinski definition) is 0. The van der Waals surface area contributed by atoms with Gasteiger partial charge in [0.25, 0.3) is 0 Å². The molecule has 1 aliphatic carbocycles. The molecule has 0 N–H and O–H groups in total. The fourth-order valence-electron chi connectivity index (χ4n) is 12.7. The van der Waals surface area contributed by atoms with E-state index in [4.69, 9.17) is 9.72 Å². The fourth-order valence-corrected chi connectivity index (χ4v) is 25.9. The predicted octanol–water partition coefficient (Wildman–Crippen LogP) is 14.3. The van der Waals surface area contributed by atoms with Gasteiger partial charge in [-0.15, -0.1) is 0 Å². The molecule has 2 aromatic heterocycles. The Balaban J connectivity index is 0.930. The van der Waals surface area contributed by atoms with Crippen LogP contribution in [0.15, 0.2) is 212 Å². The van der Waals surface area contributed by atoms with Gasteiger partial charge in [-0.05, 0) is 11.1 Å². The molecule has 7 heteroatoms. The van der Waals surface area contributed by atoms with Crippen LogP contribution in [0.4, 0.5) is 34.1 Å². The van der Waals surface area contributed by atoms with E-state index in [1.54, 1.807) is 0 Å². The minimum absolute atomic E-state index is 0.0378. The van der Waals surface area contributed by atoms with Crippen LogP contribution in [0.25, 0.3) is 45.1 Å². The summed E-state index contributed by atoms with van der Waals surface area (Å²) in [5, 5.41) is 1.39. The third kappa shape index (κ3) is 6.31. The molecule has 8 aromatic carbocycles. The molecular weight excluding hydrogens is 939 g/mol. The summed E-state index contributed by atoms with van der Waals surface area (Å²) in [4.78, 5) is 12.5. The van der Waals surface area contributed by atoms with Gasteiger partial charge in [-0.1, -0.05) is 78.9 Å². The van der Waals surface area contributed by atoms with Crippen molar-refractivity contribution in [3.63, 3.8) is 0 Å². The van der Waals surface area contributed by atoms with Crippen molar-refractivity contribution in [3.8, 4) is 39.6 Å². The molecule has 5 heterocycles. The second-order valence-electron chi connectivity index (χ2n) is 20.8. The maximum absolute atomic E-state index is 7.33. The van der Waals surface area contributed by atoms with Gasteiger partial charge in [0.1, 0.15) is 0 Å². The number of benzene rings is 8. The zero-order valence-electron chi connectivity index (χ0n) is 40.9. The first-order chi connectivity index (χ1) is 35.3. The van der Waals surface area contributed by atoms with E-state index in [1.807, 2.05) is 6.20 Å². The zero-order valence-corrected chi connectivity index (χ0v) is 43.0. The number of nitrogens with zero attached hydrogens (tertiary/aromatic N) is 5. The monoisotopic (exact) mass is 993 g/mol. The van der Waals surface area contributed by atoms with Crippen molar-refractivity contribution in [1.29, 1.82) is 0 Å². The van der Waals surface area contributed by atoms with E-state index in [9.17, 15) is 0 Å². The van der Waals surface area contributed by atoms with Gasteiger partial charge >= 0.3 is 336 Å². The van der Waals surface area contributed by atoms with Crippen LogP contribution in [0.5, 0.6) is 11.5 Å². The van der Waals surface area contributed by atoms with Crippen molar-refractivity contribution in [2.45, 2.75) is 37.4 Å². The third-order valence-corrected chi connectivity index (χ3v) is 27.1. The molecule has 348 valence electrons. The molecule has 0 fully saturated rings. The third-order valence-electron chi connectivity index (χ3n) is 15.9. The van der Waals surface area contributed by atoms with Crippen LogP contribution in [0.2, 0.25) is 0 Å². The summed E-state index contributed by atoms with van der Waals surface area (Å²) in [5.41, 5.74) is 17.1. The number of para-hydroxylation sites is 5. The molecule has 0 saturated carbocycles. The molecular formula is C65H53GeN5O. The van der Waals surface area contributed by atoms with Gasteiger partial charge in [-0.3, -0.25) is 0 Å². The number of aromatic nitrogens is 2. The number of ether oxygens (including phenoxy) is 1. The number of allylic oxidation sites excluding steroid dienone is 1. The molecule has 4 aliphatic rings. The summed E-state index contributed by atoms with van der Waals surface area (Å²) < 4.78 is 14.6. The SMILES string of the molecule is CN1c2cccc[c]2[Ge]2([c]3ccccc31)[c]1cc(Oc3cccc(N4CN(c5c(-c6ccccc6)cccc5-c5ccccc5)c5ccccc54)c3)cc3c1c1c(n3-c3cc(C(C)(C)C)ccn3)C=CC[CH]12. The second kappa shape index (κ2) is 16.2. The maximum atomic E-state index is 7.33. The van der Waals surface area contributed by atoms with Crippen LogP contribution in [0.1, 0.15) is 48.8 Å². The van der Waals surface area contributed by atoms with Crippen molar-refractivity contribution >= 4 is 77.6 Å². The Morgan fingerprint density at radius 2 is 1.18 bits per heavy atom. The number of rotatable bonds is 7. The molecule has 1 atom stereocenters. The summed E-state index contributed by atoms with van der Waals surface area (Å²) in [7, 11) is 2.24. The first-order valence-corrected chi connectivity index (χ1v) is 29.6. The van der Waals surface area contributed by atoms with Gasteiger partial charge in [0.15, 0.2) is 0 Å². The van der Waals surface area contributed by atoms with Crippen molar-refractivity contribution < 1.29 is 4.74 Å². The molecule has 10 aromatic rings. The Morgan fingerprint density at radius 3 is 1.85 bits per heavy atom. The molecule has 1 spiro atoms. The summed E-state index contributed by atoms with van der Waals surface area (Å²) in [6.07, 6.45) is 7.80. The Hall–Kier alpha value is -8.07. The molecule has 1 unspecified atom stereocenters. The molecule has 14 rings (SSSR count). The number of hydrogen-bond acceptors (Lipinski definition) is 5. The van der Waals surface area contributed by atoms with E-state index in [-0.39, 0.29) is 5.41 Å². The molecule has 6 nitrogen and oxygen atoms in total. The first kappa shape index (κ1) is 42.8. The van der Waals surface area contributed by atoms with Crippen molar-refractivity contribution in [2.24, 2.45) is 0 Å². The van der Waals surface area contributed by atoms with Crippen molar-refractivity contribution in [1.82, 2.24) is 9.55 Å². The number of fused-ring (bicyclic) bond motifs is 7. The van der Waals surface area contributed by atoms with Crippen LogP contribution < -0.4 is 32.6 Å². The molecule has 0 saturated heterocycles. The Morgan fingerprint density at radius 1 is 0.569 bits per heavy atom. The summed E-state index contributed by atoms with van der Waals surface area (Å²) in [5.74, 6) is 2.58. The Bertz CT molecular complexity index is 3730. The summed E-state index contributed by atoms with van der Waals surface area (Å²) >= 11 is -3.58. The van der Waals surface area contributed by atoms with E-state index in [0.717, 1.165) is 46.3 Å². The quantitative estimate of drug-likeness (QED) is 0.149. The normalized spacial score (nSPS) is 15.8. The van der Waals surface area contributed by atoms with Gasteiger partial charge in [-0.25, -0.2) is 0 Å². The van der Waals surface area contributed by atoms with Crippen LogP contribution >= 0.6 is 0 Å². The molecule has 0 amide bonds. The van der Waals surface area contributed by atoms with Gasteiger partial charge in [-0.2, -0.15) is 0 Å². The van der Waals surface area contributed by atoms with E-state index in [1.165, 1.54) is 74.7 Å². The number of anilines is 6. The molecule has 72 heavy (non-hydrogen) atoms. The van der Waals surface area contributed by atoms with E-state index < -0.39 is 13.3 Å². The van der Waals surface area contributed by atoms with Crippen LogP contribution in [-0.2, 0) is 5.41 Å². The van der Waals surface area contributed by atoms with Crippen LogP contribution in [-0.4, -0.2) is 36.5 Å². The van der Waals surface area contributed by atoms with Gasteiger partial charge in [0, 0.05) is 0 Å². The van der Waals surface area contributed by atoms with Crippen LogP contribution in [0.3, 0.4) is 0 Å². The average molecular weight is 993 g/mol. The number of pyridine rings is 1. The zero-order chi connectivity index (χ0) is 48.3. The topological polar surface area (TPSA) is 36.8 Å². The second-order valence-corrected chi connectivity index (χ2v) is 29.0. The van der Waals surface area contributed by atoms with Gasteiger partial charge in [0.2, 0.25) is 0 Å². The van der Waals surface area contributed by atoms with Gasteiger partial charge < -0.3 is 0 Å². The minimum atomic E-state index is -3.58. The standard InChI is InChI=1S/C65H53GeN5O/c1-65(2,3)45-36-37-67-61(38-45)71-59-35-19-30-53-62(59)63-54(66(53)51-28-11-13-31-55(51)68(4)56-32-14-12-29-52(56)66)40-48(41-60(63)71)72-47-25-17-24-46(39-47)69-42-70(58-34-16-15-33-57(58)69)64-49(43-20-7-5-8-21-43)26-18-27-50(64)44-22-9-6-10-23-44/h5-29,31-41,53H,30,42H2,1-4H3.